The minimum Gasteiger partial charge on any atom is -0.496 e. The third-order valence-corrected chi connectivity index (χ3v) is 3.71. The number of carbonyl (C=O) groups excluding carboxylic acids is 2. The van der Waals surface area contributed by atoms with Crippen LogP contribution in [-0.2, 0) is 29.2 Å². The van der Waals surface area contributed by atoms with Gasteiger partial charge in [-0.25, -0.2) is 9.59 Å². The third-order valence-electron chi connectivity index (χ3n) is 3.71. The van der Waals surface area contributed by atoms with Gasteiger partial charge in [0, 0.05) is 17.7 Å². The van der Waals surface area contributed by atoms with Crippen molar-refractivity contribution in [1.82, 2.24) is 4.90 Å². The van der Waals surface area contributed by atoms with Gasteiger partial charge in [0.15, 0.2) is 0 Å². The molecule has 3 rings (SSSR count). The smallest absolute Gasteiger partial charge is 0.410 e. The van der Waals surface area contributed by atoms with Crippen molar-refractivity contribution in [2.24, 2.45) is 0 Å². The van der Waals surface area contributed by atoms with E-state index in [-0.39, 0.29) is 18.7 Å². The summed E-state index contributed by atoms with van der Waals surface area (Å²) in [5.74, 6) is 0.302. The van der Waals surface area contributed by atoms with Crippen LogP contribution in [0, 0.1) is 0 Å². The van der Waals surface area contributed by atoms with Crippen LogP contribution in [0.5, 0.6) is 5.75 Å². The van der Waals surface area contributed by atoms with Crippen LogP contribution in [-0.4, -0.2) is 29.7 Å². The second kappa shape index (κ2) is 4.90. The molecule has 1 aromatic carbocycles. The summed E-state index contributed by atoms with van der Waals surface area (Å²) < 4.78 is 15.9. The summed E-state index contributed by atoms with van der Waals surface area (Å²) in [4.78, 5) is 25.6. The van der Waals surface area contributed by atoms with Crippen molar-refractivity contribution in [3.8, 4) is 5.75 Å². The first-order valence-corrected chi connectivity index (χ1v) is 7.17. The highest BCUT2D eigenvalue weighted by Gasteiger charge is 2.35. The molecule has 0 fully saturated rings. The molecule has 0 aromatic heterocycles. The van der Waals surface area contributed by atoms with Crippen molar-refractivity contribution in [3.63, 3.8) is 0 Å². The van der Waals surface area contributed by atoms with Gasteiger partial charge in [-0.2, -0.15) is 0 Å². The van der Waals surface area contributed by atoms with Crippen molar-refractivity contribution in [2.75, 3.05) is 7.11 Å². The number of ether oxygens (including phenoxy) is 3. The Morgan fingerprint density at radius 1 is 1.27 bits per heavy atom. The lowest BCUT2D eigenvalue weighted by Crippen LogP contribution is -2.33. The summed E-state index contributed by atoms with van der Waals surface area (Å²) in [6, 6.07) is 1.80. The molecule has 1 amide bonds. The summed E-state index contributed by atoms with van der Waals surface area (Å²) in [6.45, 7) is 6.53. The van der Waals surface area contributed by atoms with Crippen molar-refractivity contribution < 1.29 is 23.8 Å². The number of rotatable bonds is 1. The Balaban J connectivity index is 1.91. The fourth-order valence-corrected chi connectivity index (χ4v) is 2.81. The first-order chi connectivity index (χ1) is 10.3. The van der Waals surface area contributed by atoms with E-state index in [1.165, 1.54) is 0 Å². The van der Waals surface area contributed by atoms with Gasteiger partial charge < -0.3 is 14.2 Å². The van der Waals surface area contributed by atoms with Gasteiger partial charge in [-0.1, -0.05) is 0 Å². The Bertz CT molecular complexity index is 659. The van der Waals surface area contributed by atoms with Crippen LogP contribution in [0.25, 0.3) is 0 Å². The molecule has 0 bridgehead atoms. The minimum atomic E-state index is -0.540. The molecule has 2 heterocycles. The molecule has 6 heteroatoms. The molecule has 0 N–H and O–H groups in total. The lowest BCUT2D eigenvalue weighted by atomic mass is 10.00. The number of methoxy groups -OCH3 is 1. The zero-order valence-electron chi connectivity index (χ0n) is 13.2. The first-order valence-electron chi connectivity index (χ1n) is 7.17. The maximum atomic E-state index is 12.2. The Morgan fingerprint density at radius 2 is 2.00 bits per heavy atom. The molecule has 0 saturated carbocycles. The van der Waals surface area contributed by atoms with Crippen molar-refractivity contribution in [1.29, 1.82) is 0 Å². The van der Waals surface area contributed by atoms with Crippen molar-refractivity contribution >= 4 is 12.1 Å². The Kier molecular flexibility index (Phi) is 3.27. The molecule has 2 aliphatic rings. The summed E-state index contributed by atoms with van der Waals surface area (Å²) in [7, 11) is 1.56. The maximum Gasteiger partial charge on any atom is 0.410 e. The number of benzene rings is 1. The number of hydrogen-bond donors (Lipinski definition) is 0. The summed E-state index contributed by atoms with van der Waals surface area (Å²) >= 11 is 0. The second-order valence-electron chi connectivity index (χ2n) is 6.49. The van der Waals surface area contributed by atoms with Crippen LogP contribution < -0.4 is 4.74 Å². The molecular formula is C16H19NO5. The molecule has 22 heavy (non-hydrogen) atoms. The standard InChI is InChI=1S/C16H19NO5/c1-16(2,3)22-15(19)17-6-9-5-10-12(8-21-14(10)18)13(20-4)11(9)7-17/h5H,6-8H2,1-4H3. The van der Waals surface area contributed by atoms with Crippen LogP contribution >= 0.6 is 0 Å². The Labute approximate surface area is 128 Å². The lowest BCUT2D eigenvalue weighted by Gasteiger charge is -2.24. The van der Waals surface area contributed by atoms with E-state index in [9.17, 15) is 9.59 Å². The average Bonchev–Trinajstić information content (AvgIpc) is 2.99. The molecule has 1 aromatic rings. The van der Waals surface area contributed by atoms with E-state index >= 15 is 0 Å². The number of hydrogen-bond acceptors (Lipinski definition) is 5. The SMILES string of the molecule is COc1c2c(cc3c1COC3=O)CN(C(=O)OC(C)(C)C)C2. The summed E-state index contributed by atoms with van der Waals surface area (Å²) in [5.41, 5.74) is 2.58. The van der Waals surface area contributed by atoms with Gasteiger partial charge in [-0.05, 0) is 32.4 Å². The number of amides is 1. The number of nitrogens with zero attached hydrogens (tertiary/aromatic N) is 1. The molecule has 0 saturated heterocycles. The van der Waals surface area contributed by atoms with E-state index in [0.29, 0.717) is 24.4 Å². The highest BCUT2D eigenvalue weighted by Crippen LogP contribution is 2.39. The minimum absolute atomic E-state index is 0.219. The van der Waals surface area contributed by atoms with E-state index in [1.807, 2.05) is 20.8 Å². The molecule has 0 spiro atoms. The zero-order chi connectivity index (χ0) is 16.1. The van der Waals surface area contributed by atoms with Gasteiger partial charge in [0.1, 0.15) is 18.0 Å². The van der Waals surface area contributed by atoms with E-state index in [0.717, 1.165) is 16.7 Å². The summed E-state index contributed by atoms with van der Waals surface area (Å²) in [6.07, 6.45) is -0.367. The number of carbonyl (C=O) groups is 2. The highest BCUT2D eigenvalue weighted by molar-refractivity contribution is 5.95. The number of esters is 1. The lowest BCUT2D eigenvalue weighted by molar-refractivity contribution is 0.0241. The van der Waals surface area contributed by atoms with Gasteiger partial charge >= 0.3 is 12.1 Å². The van der Waals surface area contributed by atoms with Crippen molar-refractivity contribution in [3.05, 3.63) is 28.3 Å². The van der Waals surface area contributed by atoms with Crippen molar-refractivity contribution in [2.45, 2.75) is 46.1 Å². The van der Waals surface area contributed by atoms with Crippen LogP contribution in [0.15, 0.2) is 6.07 Å². The number of cyclic esters (lactones) is 1. The topological polar surface area (TPSA) is 65.1 Å². The van der Waals surface area contributed by atoms with Gasteiger partial charge in [-0.3, -0.25) is 4.90 Å². The quantitative estimate of drug-likeness (QED) is 0.746. The Morgan fingerprint density at radius 3 is 2.64 bits per heavy atom. The largest absolute Gasteiger partial charge is 0.496 e. The van der Waals surface area contributed by atoms with E-state index in [1.54, 1.807) is 18.1 Å². The summed E-state index contributed by atoms with van der Waals surface area (Å²) in [5, 5.41) is 0. The van der Waals surface area contributed by atoms with Gasteiger partial charge in [0.25, 0.3) is 0 Å². The molecule has 6 nitrogen and oxygen atoms in total. The zero-order valence-corrected chi connectivity index (χ0v) is 13.2. The Hall–Kier alpha value is -2.24. The molecule has 0 radical (unpaired) electrons. The second-order valence-corrected chi connectivity index (χ2v) is 6.49. The predicted molar refractivity (Wildman–Crippen MR) is 77.6 cm³/mol. The third kappa shape index (κ3) is 2.38. The molecule has 0 aliphatic carbocycles. The van der Waals surface area contributed by atoms with Gasteiger partial charge in [0.2, 0.25) is 0 Å². The van der Waals surface area contributed by atoms with Gasteiger partial charge in [-0.15, -0.1) is 0 Å². The van der Waals surface area contributed by atoms with E-state index in [2.05, 4.69) is 0 Å². The highest BCUT2D eigenvalue weighted by atomic mass is 16.6. The molecule has 0 unspecified atom stereocenters. The normalized spacial score (nSPS) is 16.2. The first kappa shape index (κ1) is 14.7. The molecular weight excluding hydrogens is 286 g/mol. The molecule has 2 aliphatic heterocycles. The fourth-order valence-electron chi connectivity index (χ4n) is 2.81. The number of fused-ring (bicyclic) bond motifs is 2. The fraction of sp³-hybridized carbons (Fsp3) is 0.500. The molecule has 118 valence electrons. The van der Waals surface area contributed by atoms with E-state index < -0.39 is 5.60 Å². The van der Waals surface area contributed by atoms with E-state index in [4.69, 9.17) is 14.2 Å². The van der Waals surface area contributed by atoms with Crippen LogP contribution in [0.4, 0.5) is 4.79 Å². The van der Waals surface area contributed by atoms with Crippen LogP contribution in [0.1, 0.15) is 47.8 Å². The molecule has 0 atom stereocenters. The predicted octanol–water partition coefficient (Wildman–Crippen LogP) is 2.62. The van der Waals surface area contributed by atoms with Gasteiger partial charge in [0.05, 0.1) is 19.2 Å². The van der Waals surface area contributed by atoms with Crippen LogP contribution in [0.2, 0.25) is 0 Å². The maximum absolute atomic E-state index is 12.2. The monoisotopic (exact) mass is 305 g/mol. The van der Waals surface area contributed by atoms with Crippen LogP contribution in [0.3, 0.4) is 0 Å². The average molecular weight is 305 g/mol.